The van der Waals surface area contributed by atoms with Crippen LogP contribution in [0.5, 0.6) is 0 Å². The highest BCUT2D eigenvalue weighted by atomic mass is 79.9. The lowest BCUT2D eigenvalue weighted by Gasteiger charge is -2.30. The van der Waals surface area contributed by atoms with E-state index in [2.05, 4.69) is 21.0 Å². The minimum atomic E-state index is -1.11. The summed E-state index contributed by atoms with van der Waals surface area (Å²) in [6.07, 6.45) is 1.33. The first kappa shape index (κ1) is 14.6. The maximum Gasteiger partial charge on any atom is 0.130 e. The Hall–Kier alpha value is -0.430. The van der Waals surface area contributed by atoms with Crippen molar-refractivity contribution in [2.24, 2.45) is 0 Å². The van der Waals surface area contributed by atoms with Crippen LogP contribution in [0.1, 0.15) is 19.5 Å². The Kier molecular flexibility index (Phi) is 5.12. The van der Waals surface area contributed by atoms with Gasteiger partial charge in [-0.05, 0) is 29.8 Å². The third-order valence-corrected chi connectivity index (χ3v) is 3.51. The van der Waals surface area contributed by atoms with Crippen LogP contribution < -0.4 is 0 Å². The van der Waals surface area contributed by atoms with Crippen molar-refractivity contribution in [3.05, 3.63) is 16.4 Å². The van der Waals surface area contributed by atoms with Crippen LogP contribution in [0.15, 0.2) is 10.7 Å². The Morgan fingerprint density at radius 1 is 1.59 bits per heavy atom. The normalized spacial score (nSPS) is 16.8. The van der Waals surface area contributed by atoms with Gasteiger partial charge in [-0.3, -0.25) is 4.68 Å². The molecule has 1 N–H and O–H groups in total. The van der Waals surface area contributed by atoms with E-state index in [-0.39, 0.29) is 6.10 Å². The summed E-state index contributed by atoms with van der Waals surface area (Å²) in [5.41, 5.74) is -0.415. The number of aliphatic hydroxyl groups is 1. The maximum absolute atomic E-state index is 10.5. The highest BCUT2D eigenvalue weighted by molar-refractivity contribution is 9.10. The van der Waals surface area contributed by atoms with Gasteiger partial charge in [0.2, 0.25) is 0 Å². The van der Waals surface area contributed by atoms with Crippen LogP contribution in [0.2, 0.25) is 0 Å². The molecular weight excluding hydrogens is 288 g/mol. The zero-order chi connectivity index (χ0) is 13.1. The molecule has 0 aliphatic rings. The lowest BCUT2D eigenvalue weighted by atomic mass is 9.96. The summed E-state index contributed by atoms with van der Waals surface area (Å²) in [6, 6.07) is 0. The molecule has 2 unspecified atom stereocenters. The van der Waals surface area contributed by atoms with Gasteiger partial charge in [0.05, 0.1) is 35.6 Å². The van der Waals surface area contributed by atoms with Gasteiger partial charge in [-0.15, -0.1) is 0 Å². The molecule has 1 aromatic rings. The van der Waals surface area contributed by atoms with Crippen molar-refractivity contribution in [2.45, 2.75) is 32.1 Å². The topological polar surface area (TPSA) is 56.5 Å². The molecule has 0 bridgehead atoms. The summed E-state index contributed by atoms with van der Waals surface area (Å²) in [5, 5.41) is 14.8. The van der Waals surface area contributed by atoms with Gasteiger partial charge >= 0.3 is 0 Å². The summed E-state index contributed by atoms with van der Waals surface area (Å²) < 4.78 is 12.7. The molecule has 17 heavy (non-hydrogen) atoms. The van der Waals surface area contributed by atoms with Crippen molar-refractivity contribution in [3.63, 3.8) is 0 Å². The van der Waals surface area contributed by atoms with E-state index in [0.29, 0.717) is 18.8 Å². The van der Waals surface area contributed by atoms with Crippen LogP contribution in [0.25, 0.3) is 0 Å². The van der Waals surface area contributed by atoms with Gasteiger partial charge in [-0.2, -0.15) is 5.10 Å². The Morgan fingerprint density at radius 3 is 2.76 bits per heavy atom. The van der Waals surface area contributed by atoms with Crippen molar-refractivity contribution >= 4 is 15.9 Å². The highest BCUT2D eigenvalue weighted by Crippen LogP contribution is 2.32. The molecule has 0 fully saturated rings. The van der Waals surface area contributed by atoms with E-state index in [4.69, 9.17) is 9.47 Å². The lowest BCUT2D eigenvalue weighted by Crippen LogP contribution is -2.38. The van der Waals surface area contributed by atoms with Crippen molar-refractivity contribution < 1.29 is 14.6 Å². The summed E-state index contributed by atoms with van der Waals surface area (Å²) in [4.78, 5) is 0. The molecule has 1 rings (SSSR count). The van der Waals surface area contributed by atoms with Gasteiger partial charge < -0.3 is 14.6 Å². The van der Waals surface area contributed by atoms with Crippen LogP contribution in [0.4, 0.5) is 0 Å². The van der Waals surface area contributed by atoms with E-state index in [1.54, 1.807) is 32.0 Å². The molecule has 2 atom stereocenters. The SMILES string of the molecule is COCCn1ncc(Br)c1C(C)(O)C(C)OC. The van der Waals surface area contributed by atoms with Gasteiger partial charge in [0, 0.05) is 14.2 Å². The molecule has 6 heteroatoms. The number of ether oxygens (including phenoxy) is 2. The molecule has 0 radical (unpaired) electrons. The average Bonchev–Trinajstić information content (AvgIpc) is 2.67. The fourth-order valence-electron chi connectivity index (χ4n) is 1.63. The monoisotopic (exact) mass is 306 g/mol. The molecule has 0 aromatic carbocycles. The van der Waals surface area contributed by atoms with E-state index in [9.17, 15) is 5.11 Å². The molecule has 1 heterocycles. The first-order valence-corrected chi connectivity index (χ1v) is 6.20. The molecule has 1 aromatic heterocycles. The molecule has 0 spiro atoms. The standard InChI is InChI=1S/C11H19BrN2O3/c1-8(17-4)11(2,15)10-9(12)7-13-14(10)5-6-16-3/h7-8,15H,5-6H2,1-4H3. The largest absolute Gasteiger partial charge is 0.383 e. The third kappa shape index (κ3) is 3.07. The van der Waals surface area contributed by atoms with E-state index >= 15 is 0 Å². The van der Waals surface area contributed by atoms with E-state index in [1.807, 2.05) is 6.92 Å². The van der Waals surface area contributed by atoms with Gasteiger partial charge in [-0.25, -0.2) is 0 Å². The fourth-order valence-corrected chi connectivity index (χ4v) is 2.33. The second-order valence-electron chi connectivity index (χ2n) is 4.08. The van der Waals surface area contributed by atoms with Crippen molar-refractivity contribution in [1.29, 1.82) is 0 Å². The smallest absolute Gasteiger partial charge is 0.130 e. The summed E-state index contributed by atoms with van der Waals surface area (Å²) in [6.45, 7) is 4.66. The summed E-state index contributed by atoms with van der Waals surface area (Å²) in [5.74, 6) is 0. The Labute approximate surface area is 110 Å². The molecule has 5 nitrogen and oxygen atoms in total. The minimum absolute atomic E-state index is 0.336. The van der Waals surface area contributed by atoms with Crippen LogP contribution in [-0.2, 0) is 21.6 Å². The number of hydrogen-bond donors (Lipinski definition) is 1. The number of halogens is 1. The Morgan fingerprint density at radius 2 is 2.24 bits per heavy atom. The number of rotatable bonds is 6. The van der Waals surface area contributed by atoms with Crippen LogP contribution in [0.3, 0.4) is 0 Å². The molecule has 0 aliphatic carbocycles. The zero-order valence-corrected chi connectivity index (χ0v) is 12.2. The van der Waals surface area contributed by atoms with Crippen LogP contribution >= 0.6 is 15.9 Å². The van der Waals surface area contributed by atoms with Crippen LogP contribution in [0, 0.1) is 0 Å². The molecule has 98 valence electrons. The lowest BCUT2D eigenvalue weighted by molar-refractivity contribution is -0.0830. The zero-order valence-electron chi connectivity index (χ0n) is 10.6. The number of nitrogens with zero attached hydrogens (tertiary/aromatic N) is 2. The predicted octanol–water partition coefficient (Wildman–Crippen LogP) is 1.53. The van der Waals surface area contributed by atoms with E-state index in [1.165, 1.54) is 0 Å². The molecular formula is C11H19BrN2O3. The summed E-state index contributed by atoms with van der Waals surface area (Å²) in [7, 11) is 3.21. The quantitative estimate of drug-likeness (QED) is 0.866. The third-order valence-electron chi connectivity index (χ3n) is 2.93. The number of hydrogen-bond acceptors (Lipinski definition) is 4. The second-order valence-corrected chi connectivity index (χ2v) is 4.94. The Balaban J connectivity index is 3.06. The van der Waals surface area contributed by atoms with Gasteiger partial charge in [0.25, 0.3) is 0 Å². The fraction of sp³-hybridized carbons (Fsp3) is 0.727. The van der Waals surface area contributed by atoms with Gasteiger partial charge in [0.1, 0.15) is 5.60 Å². The summed E-state index contributed by atoms with van der Waals surface area (Å²) >= 11 is 3.40. The Bertz CT molecular complexity index is 366. The first-order chi connectivity index (χ1) is 7.95. The van der Waals surface area contributed by atoms with Crippen molar-refractivity contribution in [3.8, 4) is 0 Å². The first-order valence-electron chi connectivity index (χ1n) is 5.41. The van der Waals surface area contributed by atoms with Crippen molar-refractivity contribution in [1.82, 2.24) is 9.78 Å². The number of aromatic nitrogens is 2. The minimum Gasteiger partial charge on any atom is -0.383 e. The van der Waals surface area contributed by atoms with Gasteiger partial charge in [-0.1, -0.05) is 0 Å². The molecule has 0 saturated heterocycles. The maximum atomic E-state index is 10.5. The predicted molar refractivity (Wildman–Crippen MR) is 67.8 cm³/mol. The molecule has 0 aliphatic heterocycles. The number of methoxy groups -OCH3 is 2. The second kappa shape index (κ2) is 5.95. The van der Waals surface area contributed by atoms with Crippen molar-refractivity contribution in [2.75, 3.05) is 20.8 Å². The highest BCUT2D eigenvalue weighted by Gasteiger charge is 2.36. The van der Waals surface area contributed by atoms with Crippen LogP contribution in [-0.4, -0.2) is 41.8 Å². The average molecular weight is 307 g/mol. The van der Waals surface area contributed by atoms with Gasteiger partial charge in [0.15, 0.2) is 0 Å². The molecule has 0 saturated carbocycles. The van der Waals surface area contributed by atoms with E-state index < -0.39 is 5.60 Å². The van der Waals surface area contributed by atoms with E-state index in [0.717, 1.165) is 4.47 Å². The molecule has 0 amide bonds.